The molecule has 0 unspecified atom stereocenters. The summed E-state index contributed by atoms with van der Waals surface area (Å²) in [5.41, 5.74) is 1.01. The van der Waals surface area contributed by atoms with E-state index in [1.165, 1.54) is 0 Å². The molecule has 1 aromatic heterocycles. The lowest BCUT2D eigenvalue weighted by Gasteiger charge is -1.96. The Morgan fingerprint density at radius 1 is 1.29 bits per heavy atom. The number of aromatic nitrogens is 2. The highest BCUT2D eigenvalue weighted by Gasteiger charge is 2.06. The summed E-state index contributed by atoms with van der Waals surface area (Å²) in [7, 11) is 0. The molecule has 5 heteroatoms. The Morgan fingerprint density at radius 2 is 2.06 bits per heavy atom. The van der Waals surface area contributed by atoms with Crippen LogP contribution in [0.4, 0.5) is 0 Å². The van der Waals surface area contributed by atoms with Crippen molar-refractivity contribution in [3.63, 3.8) is 0 Å². The van der Waals surface area contributed by atoms with Crippen LogP contribution in [-0.4, -0.2) is 21.9 Å². The zero-order valence-electron chi connectivity index (χ0n) is 9.59. The van der Waals surface area contributed by atoms with Gasteiger partial charge in [0.25, 0.3) is 0 Å². The fourth-order valence-corrected chi connectivity index (χ4v) is 1.40. The predicted molar refractivity (Wildman–Crippen MR) is 60.5 cm³/mol. The summed E-state index contributed by atoms with van der Waals surface area (Å²) in [4.78, 5) is 4.20. The summed E-state index contributed by atoms with van der Waals surface area (Å²) in [6.45, 7) is 2.91. The van der Waals surface area contributed by atoms with E-state index in [4.69, 9.17) is 14.4 Å². The quantitative estimate of drug-likeness (QED) is 0.855. The third-order valence-electron chi connectivity index (χ3n) is 2.24. The van der Waals surface area contributed by atoms with Gasteiger partial charge < -0.3 is 14.4 Å². The number of nitrogens with zero attached hydrogens (tertiary/aromatic N) is 2. The Bertz CT molecular complexity index is 465. The number of rotatable bonds is 5. The third kappa shape index (κ3) is 3.29. The Hall–Kier alpha value is -1.88. The van der Waals surface area contributed by atoms with E-state index >= 15 is 0 Å². The maximum absolute atomic E-state index is 9.16. The van der Waals surface area contributed by atoms with Crippen molar-refractivity contribution in [2.75, 3.05) is 6.61 Å². The maximum atomic E-state index is 9.16. The molecule has 0 saturated heterocycles. The zero-order chi connectivity index (χ0) is 12.1. The standard InChI is InChI=1S/C12H14N2O3/c1-2-16-8-11-13-12(17-14-11)7-9-3-5-10(15)6-4-9/h3-6,15H,2,7-8H2,1H3. The summed E-state index contributed by atoms with van der Waals surface area (Å²) in [5.74, 6) is 1.35. The van der Waals surface area contributed by atoms with Crippen LogP contribution in [0.15, 0.2) is 28.8 Å². The van der Waals surface area contributed by atoms with E-state index in [-0.39, 0.29) is 5.75 Å². The van der Waals surface area contributed by atoms with Gasteiger partial charge in [0.2, 0.25) is 5.89 Å². The summed E-state index contributed by atoms with van der Waals surface area (Å²) in [5, 5.41) is 13.0. The van der Waals surface area contributed by atoms with E-state index in [0.717, 1.165) is 5.56 Å². The Labute approximate surface area is 99.0 Å². The summed E-state index contributed by atoms with van der Waals surface area (Å²) >= 11 is 0. The van der Waals surface area contributed by atoms with Gasteiger partial charge in [-0.2, -0.15) is 4.98 Å². The number of aromatic hydroxyl groups is 1. The van der Waals surface area contributed by atoms with E-state index in [2.05, 4.69) is 10.1 Å². The lowest BCUT2D eigenvalue weighted by molar-refractivity contribution is 0.126. The molecule has 1 heterocycles. The lowest BCUT2D eigenvalue weighted by Crippen LogP contribution is -1.94. The van der Waals surface area contributed by atoms with Crippen molar-refractivity contribution in [2.24, 2.45) is 0 Å². The smallest absolute Gasteiger partial charge is 0.231 e. The average molecular weight is 234 g/mol. The van der Waals surface area contributed by atoms with Gasteiger partial charge in [-0.25, -0.2) is 0 Å². The van der Waals surface area contributed by atoms with Gasteiger partial charge in [0, 0.05) is 6.61 Å². The third-order valence-corrected chi connectivity index (χ3v) is 2.24. The molecule has 0 aliphatic heterocycles. The van der Waals surface area contributed by atoms with E-state index in [0.29, 0.717) is 31.3 Å². The van der Waals surface area contributed by atoms with Crippen LogP contribution in [0, 0.1) is 0 Å². The minimum absolute atomic E-state index is 0.247. The van der Waals surface area contributed by atoms with Crippen LogP contribution in [0.2, 0.25) is 0 Å². The monoisotopic (exact) mass is 234 g/mol. The molecule has 0 spiro atoms. The first kappa shape index (κ1) is 11.6. The highest BCUT2D eigenvalue weighted by atomic mass is 16.5. The molecule has 0 fully saturated rings. The lowest BCUT2D eigenvalue weighted by atomic mass is 10.1. The second-order valence-electron chi connectivity index (χ2n) is 3.58. The number of hydrogen-bond donors (Lipinski definition) is 1. The maximum Gasteiger partial charge on any atom is 0.231 e. The van der Waals surface area contributed by atoms with Gasteiger partial charge in [-0.3, -0.25) is 0 Å². The van der Waals surface area contributed by atoms with Crippen LogP contribution in [0.5, 0.6) is 5.75 Å². The van der Waals surface area contributed by atoms with E-state index in [1.807, 2.05) is 19.1 Å². The molecule has 0 atom stereocenters. The van der Waals surface area contributed by atoms with Crippen LogP contribution in [0.25, 0.3) is 0 Å². The van der Waals surface area contributed by atoms with Crippen LogP contribution >= 0.6 is 0 Å². The predicted octanol–water partition coefficient (Wildman–Crippen LogP) is 1.90. The van der Waals surface area contributed by atoms with Crippen molar-refractivity contribution in [2.45, 2.75) is 20.0 Å². The summed E-state index contributed by atoms with van der Waals surface area (Å²) in [6, 6.07) is 6.91. The molecule has 1 N–H and O–H groups in total. The van der Waals surface area contributed by atoms with Crippen molar-refractivity contribution >= 4 is 0 Å². The summed E-state index contributed by atoms with van der Waals surface area (Å²) in [6.07, 6.45) is 0.555. The number of phenols is 1. The van der Waals surface area contributed by atoms with Crippen molar-refractivity contribution in [1.29, 1.82) is 0 Å². The SMILES string of the molecule is CCOCc1noc(Cc2ccc(O)cc2)n1. The molecule has 0 saturated carbocycles. The van der Waals surface area contributed by atoms with Crippen LogP contribution in [0.1, 0.15) is 24.2 Å². The van der Waals surface area contributed by atoms with Gasteiger partial charge >= 0.3 is 0 Å². The first-order valence-corrected chi connectivity index (χ1v) is 5.45. The molecular formula is C12H14N2O3. The molecule has 0 bridgehead atoms. The Morgan fingerprint density at radius 3 is 2.76 bits per heavy atom. The number of phenolic OH excluding ortho intramolecular Hbond substituents is 1. The number of ether oxygens (including phenoxy) is 1. The van der Waals surface area contributed by atoms with Gasteiger partial charge in [0.05, 0.1) is 6.42 Å². The van der Waals surface area contributed by atoms with Gasteiger partial charge in [-0.05, 0) is 24.6 Å². The van der Waals surface area contributed by atoms with Crippen molar-refractivity contribution in [1.82, 2.24) is 10.1 Å². The average Bonchev–Trinajstić information content (AvgIpc) is 2.77. The van der Waals surface area contributed by atoms with Crippen molar-refractivity contribution in [3.8, 4) is 5.75 Å². The topological polar surface area (TPSA) is 68.4 Å². The molecule has 5 nitrogen and oxygen atoms in total. The Balaban J connectivity index is 1.98. The molecule has 0 radical (unpaired) electrons. The second kappa shape index (κ2) is 5.45. The van der Waals surface area contributed by atoms with E-state index in [1.54, 1.807) is 12.1 Å². The normalized spacial score (nSPS) is 10.6. The van der Waals surface area contributed by atoms with Crippen LogP contribution in [-0.2, 0) is 17.8 Å². The molecule has 0 aliphatic carbocycles. The number of benzene rings is 1. The Kier molecular flexibility index (Phi) is 3.72. The fourth-order valence-electron chi connectivity index (χ4n) is 1.40. The molecule has 0 aliphatic rings. The van der Waals surface area contributed by atoms with Crippen molar-refractivity contribution in [3.05, 3.63) is 41.5 Å². The van der Waals surface area contributed by atoms with Gasteiger partial charge in [-0.1, -0.05) is 17.3 Å². The van der Waals surface area contributed by atoms with E-state index in [9.17, 15) is 0 Å². The van der Waals surface area contributed by atoms with Crippen LogP contribution < -0.4 is 0 Å². The van der Waals surface area contributed by atoms with Gasteiger partial charge in [0.15, 0.2) is 5.82 Å². The second-order valence-corrected chi connectivity index (χ2v) is 3.58. The minimum Gasteiger partial charge on any atom is -0.508 e. The first-order valence-electron chi connectivity index (χ1n) is 5.45. The van der Waals surface area contributed by atoms with Crippen LogP contribution in [0.3, 0.4) is 0 Å². The molecule has 0 amide bonds. The highest BCUT2D eigenvalue weighted by Crippen LogP contribution is 2.13. The minimum atomic E-state index is 0.247. The highest BCUT2D eigenvalue weighted by molar-refractivity contribution is 5.27. The van der Waals surface area contributed by atoms with Gasteiger partial charge in [-0.15, -0.1) is 0 Å². The molecule has 90 valence electrons. The van der Waals surface area contributed by atoms with E-state index < -0.39 is 0 Å². The summed E-state index contributed by atoms with van der Waals surface area (Å²) < 4.78 is 10.3. The number of hydrogen-bond acceptors (Lipinski definition) is 5. The first-order chi connectivity index (χ1) is 8.28. The molecule has 17 heavy (non-hydrogen) atoms. The largest absolute Gasteiger partial charge is 0.508 e. The molecule has 2 rings (SSSR count). The molecule has 2 aromatic rings. The molecule has 1 aromatic carbocycles. The molecular weight excluding hydrogens is 220 g/mol. The zero-order valence-corrected chi connectivity index (χ0v) is 9.59. The fraction of sp³-hybridized carbons (Fsp3) is 0.333. The van der Waals surface area contributed by atoms with Gasteiger partial charge in [0.1, 0.15) is 12.4 Å². The van der Waals surface area contributed by atoms with Crippen molar-refractivity contribution < 1.29 is 14.4 Å².